The van der Waals surface area contributed by atoms with Crippen molar-refractivity contribution >= 4 is 11.6 Å². The molecule has 0 unspecified atom stereocenters. The van der Waals surface area contributed by atoms with Gasteiger partial charge in [0.05, 0.1) is 23.7 Å². The average molecular weight is 452 g/mol. The topological polar surface area (TPSA) is 109 Å². The van der Waals surface area contributed by atoms with Gasteiger partial charge >= 0.3 is 0 Å². The molecule has 172 valence electrons. The summed E-state index contributed by atoms with van der Waals surface area (Å²) in [5.74, 6) is -0.668. The van der Waals surface area contributed by atoms with E-state index >= 15 is 0 Å². The number of aryl methyl sites for hydroxylation is 1. The minimum Gasteiger partial charge on any atom is -0.491 e. The highest BCUT2D eigenvalue weighted by atomic mass is 19.1. The van der Waals surface area contributed by atoms with E-state index in [1.165, 1.54) is 29.7 Å². The van der Waals surface area contributed by atoms with E-state index in [0.717, 1.165) is 0 Å². The lowest BCUT2D eigenvalue weighted by Crippen LogP contribution is -2.25. The summed E-state index contributed by atoms with van der Waals surface area (Å²) in [5.41, 5.74) is 2.30. The standard InChI is InChI=1S/C24H25FN4O4/c1-4-7-21(19(25)5-2)27-24(32)23-15(3)26-22-11-10-20(28-29(22)23)16-8-6-9-18(12-16)33-14-17(31)13-30/h4-12,17,30-31H,1,13-14H2,2-3H3,(H,27,32)/b19-5+,21-7+/t17-/m1/s1. The van der Waals surface area contributed by atoms with E-state index in [0.29, 0.717) is 28.3 Å². The molecule has 2 aromatic heterocycles. The summed E-state index contributed by atoms with van der Waals surface area (Å²) >= 11 is 0. The zero-order valence-corrected chi connectivity index (χ0v) is 18.3. The Bertz CT molecular complexity index is 1230. The summed E-state index contributed by atoms with van der Waals surface area (Å²) in [6, 6.07) is 10.5. The summed E-state index contributed by atoms with van der Waals surface area (Å²) in [5, 5.41) is 25.5. The number of rotatable bonds is 9. The fourth-order valence-electron chi connectivity index (χ4n) is 3.08. The van der Waals surface area contributed by atoms with Gasteiger partial charge in [-0.05, 0) is 50.3 Å². The highest BCUT2D eigenvalue weighted by Crippen LogP contribution is 2.24. The summed E-state index contributed by atoms with van der Waals surface area (Å²) in [6.07, 6.45) is 3.00. The van der Waals surface area contributed by atoms with Gasteiger partial charge in [-0.1, -0.05) is 24.8 Å². The molecule has 3 rings (SSSR count). The summed E-state index contributed by atoms with van der Waals surface area (Å²) < 4.78 is 21.0. The molecular weight excluding hydrogens is 427 g/mol. The number of halogens is 1. The van der Waals surface area contributed by atoms with Gasteiger partial charge in [0.15, 0.2) is 11.3 Å². The molecule has 0 aliphatic rings. The Kier molecular flexibility index (Phi) is 7.70. The minimum absolute atomic E-state index is 0.0158. The third-order valence-electron chi connectivity index (χ3n) is 4.69. The van der Waals surface area contributed by atoms with Crippen LogP contribution < -0.4 is 10.1 Å². The molecule has 8 nitrogen and oxygen atoms in total. The molecule has 1 aromatic carbocycles. The lowest BCUT2D eigenvalue weighted by molar-refractivity contribution is 0.0536. The van der Waals surface area contributed by atoms with Crippen molar-refractivity contribution in [2.24, 2.45) is 0 Å². The van der Waals surface area contributed by atoms with E-state index in [9.17, 15) is 14.3 Å². The zero-order chi connectivity index (χ0) is 24.0. The molecule has 0 bridgehead atoms. The fourth-order valence-corrected chi connectivity index (χ4v) is 3.08. The van der Waals surface area contributed by atoms with Gasteiger partial charge in [0.25, 0.3) is 5.91 Å². The van der Waals surface area contributed by atoms with Crippen molar-refractivity contribution in [3.05, 3.63) is 84.1 Å². The number of carbonyl (C=O) groups is 1. The first-order valence-corrected chi connectivity index (χ1v) is 10.2. The average Bonchev–Trinajstić information content (AvgIpc) is 3.16. The van der Waals surface area contributed by atoms with Crippen LogP contribution >= 0.6 is 0 Å². The van der Waals surface area contributed by atoms with Gasteiger partial charge in [0.2, 0.25) is 0 Å². The van der Waals surface area contributed by atoms with Gasteiger partial charge < -0.3 is 20.3 Å². The first kappa shape index (κ1) is 23.8. The quantitative estimate of drug-likeness (QED) is 0.431. The third-order valence-corrected chi connectivity index (χ3v) is 4.69. The van der Waals surface area contributed by atoms with Crippen LogP contribution in [-0.2, 0) is 0 Å². The number of imidazole rings is 1. The number of carbonyl (C=O) groups excluding carboxylic acids is 1. The van der Waals surface area contributed by atoms with Crippen molar-refractivity contribution in [3.8, 4) is 17.0 Å². The Morgan fingerprint density at radius 2 is 2.15 bits per heavy atom. The number of nitrogens with zero attached hydrogens (tertiary/aromatic N) is 3. The number of allylic oxidation sites excluding steroid dienone is 4. The second-order valence-corrected chi connectivity index (χ2v) is 7.12. The number of aliphatic hydroxyl groups excluding tert-OH is 2. The molecule has 3 aromatic rings. The number of amides is 1. The van der Waals surface area contributed by atoms with E-state index in [4.69, 9.17) is 9.84 Å². The van der Waals surface area contributed by atoms with Crippen LogP contribution in [-0.4, -0.2) is 50.0 Å². The van der Waals surface area contributed by atoms with Crippen molar-refractivity contribution in [1.82, 2.24) is 19.9 Å². The molecule has 0 aliphatic carbocycles. The Labute approximate surface area is 190 Å². The highest BCUT2D eigenvalue weighted by molar-refractivity contribution is 5.96. The van der Waals surface area contributed by atoms with Crippen LogP contribution in [0.15, 0.2) is 72.7 Å². The first-order chi connectivity index (χ1) is 15.9. The Balaban J connectivity index is 1.96. The van der Waals surface area contributed by atoms with Gasteiger partial charge in [0, 0.05) is 5.56 Å². The molecule has 0 saturated carbocycles. The number of aliphatic hydroxyl groups is 2. The van der Waals surface area contributed by atoms with Crippen LogP contribution in [0.3, 0.4) is 0 Å². The van der Waals surface area contributed by atoms with Crippen molar-refractivity contribution in [1.29, 1.82) is 0 Å². The second kappa shape index (κ2) is 10.7. The number of aromatic nitrogens is 3. The number of nitrogens with one attached hydrogen (secondary N) is 1. The largest absolute Gasteiger partial charge is 0.491 e. The molecule has 0 radical (unpaired) electrons. The summed E-state index contributed by atoms with van der Waals surface area (Å²) in [4.78, 5) is 17.4. The molecule has 0 spiro atoms. The number of hydrogen-bond acceptors (Lipinski definition) is 6. The number of fused-ring (bicyclic) bond motifs is 1. The van der Waals surface area contributed by atoms with Gasteiger partial charge in [-0.2, -0.15) is 5.10 Å². The fraction of sp³-hybridized carbons (Fsp3) is 0.208. The Morgan fingerprint density at radius 1 is 1.36 bits per heavy atom. The third kappa shape index (κ3) is 5.51. The second-order valence-electron chi connectivity index (χ2n) is 7.12. The van der Waals surface area contributed by atoms with Gasteiger partial charge in [-0.25, -0.2) is 13.9 Å². The van der Waals surface area contributed by atoms with Crippen LogP contribution in [0.25, 0.3) is 16.9 Å². The Hall–Kier alpha value is -3.82. The van der Waals surface area contributed by atoms with Crippen LogP contribution in [0.2, 0.25) is 0 Å². The molecule has 0 fully saturated rings. The molecule has 9 heteroatoms. The maximum absolute atomic E-state index is 14.1. The van der Waals surface area contributed by atoms with Gasteiger partial charge in [-0.3, -0.25) is 4.79 Å². The minimum atomic E-state index is -0.981. The lowest BCUT2D eigenvalue weighted by Gasteiger charge is -2.11. The first-order valence-electron chi connectivity index (χ1n) is 10.2. The van der Waals surface area contributed by atoms with E-state index < -0.39 is 24.4 Å². The van der Waals surface area contributed by atoms with Crippen molar-refractivity contribution in [3.63, 3.8) is 0 Å². The summed E-state index contributed by atoms with van der Waals surface area (Å²) in [7, 11) is 0. The summed E-state index contributed by atoms with van der Waals surface area (Å²) in [6.45, 7) is 6.29. The van der Waals surface area contributed by atoms with E-state index in [-0.39, 0.29) is 18.0 Å². The molecule has 33 heavy (non-hydrogen) atoms. The molecule has 1 amide bonds. The maximum atomic E-state index is 14.1. The number of hydrogen-bond donors (Lipinski definition) is 3. The van der Waals surface area contributed by atoms with Crippen molar-refractivity contribution in [2.45, 2.75) is 20.0 Å². The van der Waals surface area contributed by atoms with Crippen LogP contribution in [0.4, 0.5) is 4.39 Å². The molecule has 2 heterocycles. The molecule has 0 saturated heterocycles. The zero-order valence-electron chi connectivity index (χ0n) is 18.3. The van der Waals surface area contributed by atoms with Crippen LogP contribution in [0, 0.1) is 6.92 Å². The molecule has 0 aliphatic heterocycles. The van der Waals surface area contributed by atoms with E-state index in [2.05, 4.69) is 22.0 Å². The predicted molar refractivity (Wildman–Crippen MR) is 122 cm³/mol. The monoisotopic (exact) mass is 452 g/mol. The molecule has 1 atom stereocenters. The number of ether oxygens (including phenoxy) is 1. The molecular formula is C24H25FN4O4. The molecule has 3 N–H and O–H groups in total. The van der Waals surface area contributed by atoms with Crippen LogP contribution in [0.1, 0.15) is 23.1 Å². The van der Waals surface area contributed by atoms with Crippen molar-refractivity contribution in [2.75, 3.05) is 13.2 Å². The predicted octanol–water partition coefficient (Wildman–Crippen LogP) is 3.11. The van der Waals surface area contributed by atoms with Gasteiger partial charge in [0.1, 0.15) is 24.3 Å². The highest BCUT2D eigenvalue weighted by Gasteiger charge is 2.20. The SMILES string of the molecule is C=C/C=C(NC(=O)c1c(C)nc2ccc(-c3cccc(OC[C@H](O)CO)c3)nn12)\C(F)=C/C. The lowest BCUT2D eigenvalue weighted by atomic mass is 10.1. The number of benzene rings is 1. The van der Waals surface area contributed by atoms with Crippen LogP contribution in [0.5, 0.6) is 5.75 Å². The normalized spacial score (nSPS) is 13.1. The van der Waals surface area contributed by atoms with Crippen molar-refractivity contribution < 1.29 is 24.1 Å². The van der Waals surface area contributed by atoms with E-state index in [1.54, 1.807) is 37.3 Å². The smallest absolute Gasteiger partial charge is 0.276 e. The maximum Gasteiger partial charge on any atom is 0.276 e. The van der Waals surface area contributed by atoms with Gasteiger partial charge in [-0.15, -0.1) is 0 Å². The Morgan fingerprint density at radius 3 is 2.85 bits per heavy atom. The van der Waals surface area contributed by atoms with E-state index in [1.807, 2.05) is 6.07 Å².